The minimum Gasteiger partial charge on any atom is -0.0656 e. The Morgan fingerprint density at radius 1 is 0.619 bits per heavy atom. The largest absolute Gasteiger partial charge is 0.0656 e. The molecular weight excluding hydrogens is 252 g/mol. The Hall–Kier alpha value is -1.30. The topological polar surface area (TPSA) is 0 Å². The van der Waals surface area contributed by atoms with Crippen molar-refractivity contribution >= 4 is 10.8 Å². The minimum atomic E-state index is 1.25. The number of unbranched alkanes of at least 4 members (excludes halogenated alkanes) is 3. The van der Waals surface area contributed by atoms with Crippen LogP contribution in [-0.4, -0.2) is 0 Å². The molecule has 0 aromatic heterocycles. The number of hydrogen-bond acceptors (Lipinski definition) is 0. The molecule has 0 aliphatic rings. The summed E-state index contributed by atoms with van der Waals surface area (Å²) >= 11 is 0. The van der Waals surface area contributed by atoms with E-state index in [0.29, 0.717) is 0 Å². The van der Waals surface area contributed by atoms with Crippen LogP contribution in [0.5, 0.6) is 0 Å². The molecule has 2 rings (SSSR count). The van der Waals surface area contributed by atoms with Gasteiger partial charge in [-0.25, -0.2) is 0 Å². The molecule has 0 heteroatoms. The maximum Gasteiger partial charge on any atom is -0.0181 e. The van der Waals surface area contributed by atoms with Gasteiger partial charge < -0.3 is 0 Å². The molecule has 0 spiro atoms. The summed E-state index contributed by atoms with van der Waals surface area (Å²) in [4.78, 5) is 0. The van der Waals surface area contributed by atoms with Gasteiger partial charge in [-0.05, 0) is 24.6 Å². The Morgan fingerprint density at radius 2 is 0.952 bits per heavy atom. The maximum atomic E-state index is 2.23. The monoisotopic (exact) mass is 286 g/mol. The third kappa shape index (κ3) is 9.28. The summed E-state index contributed by atoms with van der Waals surface area (Å²) in [6, 6.07) is 13.1. The van der Waals surface area contributed by atoms with Crippen molar-refractivity contribution in [1.29, 1.82) is 0 Å². The SMILES string of the molecule is CCC.CCCCCC.Cc1ccc2cc(C)ccc2c1. The molecular formula is C21H34. The Bertz CT molecular complexity index is 437. The first-order chi connectivity index (χ1) is 10.1. The number of benzene rings is 2. The van der Waals surface area contributed by atoms with E-state index >= 15 is 0 Å². The lowest BCUT2D eigenvalue weighted by molar-refractivity contribution is 0.702. The smallest absolute Gasteiger partial charge is 0.0181 e. The van der Waals surface area contributed by atoms with Crippen molar-refractivity contribution < 1.29 is 0 Å². The molecule has 0 unspecified atom stereocenters. The second kappa shape index (κ2) is 12.4. The lowest BCUT2D eigenvalue weighted by Gasteiger charge is -1.99. The van der Waals surface area contributed by atoms with Gasteiger partial charge in [-0.2, -0.15) is 0 Å². The van der Waals surface area contributed by atoms with Gasteiger partial charge in [0, 0.05) is 0 Å². The molecule has 0 saturated carbocycles. The summed E-state index contributed by atoms with van der Waals surface area (Å²) in [5.41, 5.74) is 2.65. The number of rotatable bonds is 3. The fourth-order valence-electron chi connectivity index (χ4n) is 1.98. The number of fused-ring (bicyclic) bond motifs is 1. The summed E-state index contributed by atoms with van der Waals surface area (Å²) < 4.78 is 0. The van der Waals surface area contributed by atoms with Crippen LogP contribution in [0.25, 0.3) is 10.8 Å². The zero-order valence-corrected chi connectivity index (χ0v) is 15.0. The average molecular weight is 287 g/mol. The van der Waals surface area contributed by atoms with Gasteiger partial charge >= 0.3 is 0 Å². The molecule has 0 bridgehead atoms. The normalized spacial score (nSPS) is 9.43. The van der Waals surface area contributed by atoms with E-state index in [9.17, 15) is 0 Å². The Morgan fingerprint density at radius 3 is 1.24 bits per heavy atom. The molecule has 118 valence electrons. The standard InChI is InChI=1S/C12H12.C6H14.C3H8/c1-9-3-5-12-8-10(2)4-6-11(12)7-9;1-3-5-6-4-2;1-3-2/h3-8H,1-2H3;3-6H2,1-2H3;3H2,1-2H3. The van der Waals surface area contributed by atoms with Gasteiger partial charge in [-0.3, -0.25) is 0 Å². The minimum absolute atomic E-state index is 1.25. The summed E-state index contributed by atoms with van der Waals surface area (Å²) in [5.74, 6) is 0. The summed E-state index contributed by atoms with van der Waals surface area (Å²) in [7, 11) is 0. The molecule has 0 heterocycles. The highest BCUT2D eigenvalue weighted by Gasteiger charge is 1.92. The summed E-state index contributed by atoms with van der Waals surface area (Å²) in [6.07, 6.45) is 6.79. The fraction of sp³-hybridized carbons (Fsp3) is 0.524. The van der Waals surface area contributed by atoms with E-state index in [1.165, 1.54) is 54.0 Å². The molecule has 0 amide bonds. The van der Waals surface area contributed by atoms with Crippen molar-refractivity contribution in [1.82, 2.24) is 0 Å². The summed E-state index contributed by atoms with van der Waals surface area (Å²) in [5, 5.41) is 2.67. The first-order valence-electron chi connectivity index (χ1n) is 8.55. The molecule has 21 heavy (non-hydrogen) atoms. The van der Waals surface area contributed by atoms with Crippen molar-refractivity contribution in [2.75, 3.05) is 0 Å². The molecule has 0 aliphatic carbocycles. The molecule has 0 atom stereocenters. The third-order valence-electron chi connectivity index (χ3n) is 3.11. The molecule has 0 nitrogen and oxygen atoms in total. The Balaban J connectivity index is 0.000000378. The quantitative estimate of drug-likeness (QED) is 0.514. The van der Waals surface area contributed by atoms with Crippen LogP contribution in [-0.2, 0) is 0 Å². The van der Waals surface area contributed by atoms with E-state index in [0.717, 1.165) is 0 Å². The van der Waals surface area contributed by atoms with Crippen molar-refractivity contribution in [2.24, 2.45) is 0 Å². The van der Waals surface area contributed by atoms with Gasteiger partial charge in [0.2, 0.25) is 0 Å². The van der Waals surface area contributed by atoms with Crippen LogP contribution < -0.4 is 0 Å². The molecule has 0 N–H and O–H groups in total. The van der Waals surface area contributed by atoms with Gasteiger partial charge in [0.15, 0.2) is 0 Å². The van der Waals surface area contributed by atoms with Crippen molar-refractivity contribution in [2.45, 2.75) is 73.6 Å². The van der Waals surface area contributed by atoms with Gasteiger partial charge in [0.1, 0.15) is 0 Å². The Labute approximate surface area is 132 Å². The Kier molecular flexibility index (Phi) is 11.7. The van der Waals surface area contributed by atoms with Gasteiger partial charge in [-0.1, -0.05) is 107 Å². The lowest BCUT2D eigenvalue weighted by atomic mass is 10.1. The molecule has 0 radical (unpaired) electrons. The highest BCUT2D eigenvalue weighted by molar-refractivity contribution is 5.83. The van der Waals surface area contributed by atoms with E-state index in [-0.39, 0.29) is 0 Å². The lowest BCUT2D eigenvalue weighted by Crippen LogP contribution is -1.76. The van der Waals surface area contributed by atoms with Crippen LogP contribution in [0.15, 0.2) is 36.4 Å². The highest BCUT2D eigenvalue weighted by atomic mass is 14.0. The van der Waals surface area contributed by atoms with Crippen LogP contribution in [0.3, 0.4) is 0 Å². The van der Waals surface area contributed by atoms with Crippen LogP contribution in [0.2, 0.25) is 0 Å². The molecule has 2 aromatic carbocycles. The third-order valence-corrected chi connectivity index (χ3v) is 3.11. The zero-order chi connectivity index (χ0) is 16.1. The molecule has 2 aromatic rings. The average Bonchev–Trinajstić information content (AvgIpc) is 2.47. The molecule has 0 fully saturated rings. The van der Waals surface area contributed by atoms with Gasteiger partial charge in [-0.15, -0.1) is 0 Å². The van der Waals surface area contributed by atoms with Gasteiger partial charge in [0.05, 0.1) is 0 Å². The first kappa shape index (κ1) is 19.7. The van der Waals surface area contributed by atoms with Crippen LogP contribution in [0, 0.1) is 13.8 Å². The van der Waals surface area contributed by atoms with E-state index in [4.69, 9.17) is 0 Å². The molecule has 0 aliphatic heterocycles. The van der Waals surface area contributed by atoms with Gasteiger partial charge in [0.25, 0.3) is 0 Å². The predicted octanol–water partition coefficient (Wildman–Crippen LogP) is 7.46. The number of hydrogen-bond donors (Lipinski definition) is 0. The predicted molar refractivity (Wildman–Crippen MR) is 99.2 cm³/mol. The second-order valence-corrected chi connectivity index (χ2v) is 5.77. The van der Waals surface area contributed by atoms with Crippen LogP contribution >= 0.6 is 0 Å². The van der Waals surface area contributed by atoms with E-state index in [1.54, 1.807) is 0 Å². The van der Waals surface area contributed by atoms with Crippen molar-refractivity contribution in [3.8, 4) is 0 Å². The molecule has 0 saturated heterocycles. The van der Waals surface area contributed by atoms with Crippen LogP contribution in [0.4, 0.5) is 0 Å². The number of aryl methyl sites for hydroxylation is 2. The van der Waals surface area contributed by atoms with E-state index < -0.39 is 0 Å². The van der Waals surface area contributed by atoms with Crippen LogP contribution in [0.1, 0.15) is 70.9 Å². The second-order valence-electron chi connectivity index (χ2n) is 5.77. The highest BCUT2D eigenvalue weighted by Crippen LogP contribution is 2.16. The van der Waals surface area contributed by atoms with E-state index in [2.05, 4.69) is 77.9 Å². The maximum absolute atomic E-state index is 2.23. The fourth-order valence-corrected chi connectivity index (χ4v) is 1.98. The van der Waals surface area contributed by atoms with Crippen molar-refractivity contribution in [3.05, 3.63) is 47.5 Å². The van der Waals surface area contributed by atoms with Crippen molar-refractivity contribution in [3.63, 3.8) is 0 Å². The zero-order valence-electron chi connectivity index (χ0n) is 15.0. The van der Waals surface area contributed by atoms with E-state index in [1.807, 2.05) is 0 Å². The summed E-state index contributed by atoms with van der Waals surface area (Å²) in [6.45, 7) is 13.0. The first-order valence-corrected chi connectivity index (χ1v) is 8.55.